The SMILES string of the molecule is Cc1ccc(C(CN)Nc2ccc(Cl)cc2)cn1. The molecular weight excluding hydrogens is 246 g/mol. The van der Waals surface area contributed by atoms with E-state index in [9.17, 15) is 0 Å². The number of nitrogens with two attached hydrogens (primary N) is 1. The Labute approximate surface area is 112 Å². The van der Waals surface area contributed by atoms with Crippen LogP contribution in [0, 0.1) is 6.92 Å². The van der Waals surface area contributed by atoms with Crippen molar-refractivity contribution in [2.45, 2.75) is 13.0 Å². The molecule has 0 spiro atoms. The predicted molar refractivity (Wildman–Crippen MR) is 75.8 cm³/mol. The van der Waals surface area contributed by atoms with Gasteiger partial charge in [0.05, 0.1) is 6.04 Å². The maximum Gasteiger partial charge on any atom is 0.0651 e. The average Bonchev–Trinajstić information content (AvgIpc) is 2.39. The quantitative estimate of drug-likeness (QED) is 0.889. The molecule has 1 aromatic carbocycles. The highest BCUT2D eigenvalue weighted by atomic mass is 35.5. The van der Waals surface area contributed by atoms with Crippen LogP contribution in [0.1, 0.15) is 17.3 Å². The van der Waals surface area contributed by atoms with E-state index in [2.05, 4.69) is 10.3 Å². The third-order valence-electron chi connectivity index (χ3n) is 2.76. The molecule has 1 heterocycles. The van der Waals surface area contributed by atoms with Gasteiger partial charge in [0.15, 0.2) is 0 Å². The van der Waals surface area contributed by atoms with Gasteiger partial charge in [0.2, 0.25) is 0 Å². The molecule has 2 rings (SSSR count). The van der Waals surface area contributed by atoms with Gasteiger partial charge in [-0.1, -0.05) is 17.7 Å². The third-order valence-corrected chi connectivity index (χ3v) is 3.01. The third kappa shape index (κ3) is 3.22. The minimum Gasteiger partial charge on any atom is -0.377 e. The molecule has 0 aliphatic heterocycles. The summed E-state index contributed by atoms with van der Waals surface area (Å²) >= 11 is 5.85. The second-order valence-corrected chi connectivity index (χ2v) is 4.61. The number of pyridine rings is 1. The van der Waals surface area contributed by atoms with Gasteiger partial charge in [-0.25, -0.2) is 0 Å². The molecule has 1 aromatic heterocycles. The van der Waals surface area contributed by atoms with Crippen LogP contribution in [-0.4, -0.2) is 11.5 Å². The smallest absolute Gasteiger partial charge is 0.0651 e. The summed E-state index contributed by atoms with van der Waals surface area (Å²) in [7, 11) is 0. The lowest BCUT2D eigenvalue weighted by molar-refractivity contribution is 0.784. The first-order valence-electron chi connectivity index (χ1n) is 5.84. The van der Waals surface area contributed by atoms with E-state index in [4.69, 9.17) is 17.3 Å². The average molecular weight is 262 g/mol. The number of benzene rings is 1. The number of aromatic nitrogens is 1. The van der Waals surface area contributed by atoms with Crippen molar-refractivity contribution < 1.29 is 0 Å². The van der Waals surface area contributed by atoms with Crippen molar-refractivity contribution in [3.05, 3.63) is 58.9 Å². The van der Waals surface area contributed by atoms with Crippen LogP contribution in [0.2, 0.25) is 5.02 Å². The molecule has 0 saturated carbocycles. The minimum atomic E-state index is 0.0549. The Hall–Kier alpha value is -1.58. The van der Waals surface area contributed by atoms with E-state index in [1.54, 1.807) is 0 Å². The molecule has 1 unspecified atom stereocenters. The minimum absolute atomic E-state index is 0.0549. The highest BCUT2D eigenvalue weighted by Crippen LogP contribution is 2.20. The Kier molecular flexibility index (Phi) is 4.18. The van der Waals surface area contributed by atoms with Gasteiger partial charge in [0.25, 0.3) is 0 Å². The lowest BCUT2D eigenvalue weighted by Gasteiger charge is -2.18. The molecule has 0 fully saturated rings. The molecule has 2 aromatic rings. The summed E-state index contributed by atoms with van der Waals surface area (Å²) < 4.78 is 0. The van der Waals surface area contributed by atoms with Crippen molar-refractivity contribution in [1.29, 1.82) is 0 Å². The number of aryl methyl sites for hydroxylation is 1. The fraction of sp³-hybridized carbons (Fsp3) is 0.214. The lowest BCUT2D eigenvalue weighted by atomic mass is 10.1. The van der Waals surface area contributed by atoms with Gasteiger partial charge in [-0.2, -0.15) is 0 Å². The van der Waals surface area contributed by atoms with Gasteiger partial charge in [-0.15, -0.1) is 0 Å². The van der Waals surface area contributed by atoms with E-state index in [0.717, 1.165) is 22.0 Å². The van der Waals surface area contributed by atoms with Crippen LogP contribution in [-0.2, 0) is 0 Å². The van der Waals surface area contributed by atoms with E-state index in [-0.39, 0.29) is 6.04 Å². The van der Waals surface area contributed by atoms with Crippen molar-refractivity contribution >= 4 is 17.3 Å². The second kappa shape index (κ2) is 5.85. The van der Waals surface area contributed by atoms with Gasteiger partial charge in [0, 0.05) is 29.1 Å². The first kappa shape index (κ1) is 12.9. The highest BCUT2D eigenvalue weighted by molar-refractivity contribution is 6.30. The zero-order valence-electron chi connectivity index (χ0n) is 10.2. The number of nitrogens with zero attached hydrogens (tertiary/aromatic N) is 1. The summed E-state index contributed by atoms with van der Waals surface area (Å²) in [5.41, 5.74) is 8.88. The van der Waals surface area contributed by atoms with Gasteiger partial charge >= 0.3 is 0 Å². The van der Waals surface area contributed by atoms with Crippen LogP contribution in [0.25, 0.3) is 0 Å². The molecule has 3 nitrogen and oxygen atoms in total. The monoisotopic (exact) mass is 261 g/mol. The molecule has 18 heavy (non-hydrogen) atoms. The van der Waals surface area contributed by atoms with Crippen molar-refractivity contribution in [3.63, 3.8) is 0 Å². The molecule has 0 amide bonds. The summed E-state index contributed by atoms with van der Waals surface area (Å²) in [6.45, 7) is 2.47. The normalized spacial score (nSPS) is 12.2. The molecule has 0 bridgehead atoms. The molecule has 3 N–H and O–H groups in total. The van der Waals surface area contributed by atoms with Gasteiger partial charge in [-0.05, 0) is 42.8 Å². The maximum atomic E-state index is 5.85. The lowest BCUT2D eigenvalue weighted by Crippen LogP contribution is -2.20. The Morgan fingerprint density at radius 3 is 2.50 bits per heavy atom. The van der Waals surface area contributed by atoms with Crippen molar-refractivity contribution in [2.75, 3.05) is 11.9 Å². The van der Waals surface area contributed by atoms with Gasteiger partial charge in [-0.3, -0.25) is 4.98 Å². The molecule has 0 saturated heterocycles. The van der Waals surface area contributed by atoms with E-state index < -0.39 is 0 Å². The van der Waals surface area contributed by atoms with Crippen molar-refractivity contribution in [1.82, 2.24) is 4.98 Å². The Morgan fingerprint density at radius 1 is 1.22 bits per heavy atom. The Bertz CT molecular complexity index is 493. The fourth-order valence-corrected chi connectivity index (χ4v) is 1.84. The van der Waals surface area contributed by atoms with Crippen LogP contribution in [0.5, 0.6) is 0 Å². The molecule has 4 heteroatoms. The van der Waals surface area contributed by atoms with Crippen LogP contribution in [0.15, 0.2) is 42.6 Å². The number of halogens is 1. The number of hydrogen-bond donors (Lipinski definition) is 2. The van der Waals surface area contributed by atoms with Crippen molar-refractivity contribution in [3.8, 4) is 0 Å². The van der Waals surface area contributed by atoms with E-state index in [1.165, 1.54) is 0 Å². The van der Waals surface area contributed by atoms with E-state index in [0.29, 0.717) is 6.54 Å². The van der Waals surface area contributed by atoms with Crippen molar-refractivity contribution in [2.24, 2.45) is 5.73 Å². The number of hydrogen-bond acceptors (Lipinski definition) is 3. The summed E-state index contributed by atoms with van der Waals surface area (Å²) in [6.07, 6.45) is 1.86. The topological polar surface area (TPSA) is 50.9 Å². The largest absolute Gasteiger partial charge is 0.377 e. The van der Waals surface area contributed by atoms with Crippen LogP contribution in [0.4, 0.5) is 5.69 Å². The predicted octanol–water partition coefficient (Wildman–Crippen LogP) is 3.16. The fourth-order valence-electron chi connectivity index (χ4n) is 1.71. The summed E-state index contributed by atoms with van der Waals surface area (Å²) in [6, 6.07) is 11.7. The van der Waals surface area contributed by atoms with E-state index >= 15 is 0 Å². The number of rotatable bonds is 4. The number of anilines is 1. The van der Waals surface area contributed by atoms with Crippen LogP contribution < -0.4 is 11.1 Å². The standard InChI is InChI=1S/C14H16ClN3/c1-10-2-3-11(9-17-10)14(8-16)18-13-6-4-12(15)5-7-13/h2-7,9,14,18H,8,16H2,1H3. The van der Waals surface area contributed by atoms with Crippen LogP contribution in [0.3, 0.4) is 0 Å². The molecule has 1 atom stereocenters. The molecule has 0 radical (unpaired) electrons. The molecule has 0 aliphatic rings. The first-order valence-corrected chi connectivity index (χ1v) is 6.21. The maximum absolute atomic E-state index is 5.85. The second-order valence-electron chi connectivity index (χ2n) is 4.17. The zero-order valence-corrected chi connectivity index (χ0v) is 11.0. The first-order chi connectivity index (χ1) is 8.69. The van der Waals surface area contributed by atoms with E-state index in [1.807, 2.05) is 49.5 Å². The molecular formula is C14H16ClN3. The van der Waals surface area contributed by atoms with Gasteiger partial charge < -0.3 is 11.1 Å². The highest BCUT2D eigenvalue weighted by Gasteiger charge is 2.09. The van der Waals surface area contributed by atoms with Crippen LogP contribution >= 0.6 is 11.6 Å². The summed E-state index contributed by atoms with van der Waals surface area (Å²) in [5, 5.41) is 4.09. The Morgan fingerprint density at radius 2 is 1.94 bits per heavy atom. The zero-order chi connectivity index (χ0) is 13.0. The molecule has 0 aliphatic carbocycles. The Balaban J connectivity index is 2.14. The number of nitrogens with one attached hydrogen (secondary N) is 1. The van der Waals surface area contributed by atoms with Gasteiger partial charge in [0.1, 0.15) is 0 Å². The summed E-state index contributed by atoms with van der Waals surface area (Å²) in [4.78, 5) is 4.29. The summed E-state index contributed by atoms with van der Waals surface area (Å²) in [5.74, 6) is 0. The molecule has 94 valence electrons.